The summed E-state index contributed by atoms with van der Waals surface area (Å²) in [6.45, 7) is 0.139. The first-order valence-electron chi connectivity index (χ1n) is 9.58. The van der Waals surface area contributed by atoms with E-state index in [0.29, 0.717) is 22.1 Å². The number of ether oxygens (including phenoxy) is 2. The molecule has 0 N–H and O–H groups in total. The molecule has 1 amide bonds. The van der Waals surface area contributed by atoms with Crippen molar-refractivity contribution in [2.75, 3.05) is 19.1 Å². The van der Waals surface area contributed by atoms with Crippen molar-refractivity contribution in [2.45, 2.75) is 6.54 Å². The summed E-state index contributed by atoms with van der Waals surface area (Å²) >= 11 is 7.53. The van der Waals surface area contributed by atoms with Crippen molar-refractivity contribution < 1.29 is 19.2 Å². The van der Waals surface area contributed by atoms with Gasteiger partial charge in [0.1, 0.15) is 0 Å². The molecule has 0 unspecified atom stereocenters. The third kappa shape index (κ3) is 4.57. The van der Waals surface area contributed by atoms with E-state index in [-0.39, 0.29) is 22.8 Å². The van der Waals surface area contributed by atoms with Crippen LogP contribution in [-0.2, 0) is 6.54 Å². The minimum atomic E-state index is -0.575. The number of nitro benzene ring substituents is 1. The van der Waals surface area contributed by atoms with Gasteiger partial charge in [-0.25, -0.2) is 4.98 Å². The summed E-state index contributed by atoms with van der Waals surface area (Å²) in [5, 5.41) is 11.7. The highest BCUT2D eigenvalue weighted by Crippen LogP contribution is 2.38. The highest BCUT2D eigenvalue weighted by Gasteiger charge is 2.26. The molecule has 0 aliphatic heterocycles. The molecule has 0 bridgehead atoms. The Hall–Kier alpha value is -3.76. The van der Waals surface area contributed by atoms with Crippen LogP contribution in [0.5, 0.6) is 11.5 Å². The summed E-state index contributed by atoms with van der Waals surface area (Å²) in [6, 6.07) is 10.8. The first-order chi connectivity index (χ1) is 15.9. The number of nitrogens with zero attached hydrogens (tertiary/aromatic N) is 4. The van der Waals surface area contributed by atoms with Crippen LogP contribution < -0.4 is 14.4 Å². The van der Waals surface area contributed by atoms with Gasteiger partial charge in [0.05, 0.1) is 46.5 Å². The molecule has 4 aromatic rings. The fraction of sp³-hybridized carbons (Fsp3) is 0.136. The molecule has 0 radical (unpaired) electrons. The van der Waals surface area contributed by atoms with E-state index in [0.717, 1.165) is 10.3 Å². The van der Waals surface area contributed by atoms with Crippen LogP contribution in [0.15, 0.2) is 54.9 Å². The van der Waals surface area contributed by atoms with Gasteiger partial charge >= 0.3 is 0 Å². The molecule has 0 fully saturated rings. The molecular weight excluding hydrogens is 468 g/mol. The van der Waals surface area contributed by atoms with E-state index >= 15 is 0 Å². The van der Waals surface area contributed by atoms with Crippen molar-refractivity contribution in [1.29, 1.82) is 0 Å². The summed E-state index contributed by atoms with van der Waals surface area (Å²) < 4.78 is 11.5. The van der Waals surface area contributed by atoms with Gasteiger partial charge in [0.15, 0.2) is 16.6 Å². The number of fused-ring (bicyclic) bond motifs is 1. The lowest BCUT2D eigenvalue weighted by Gasteiger charge is -2.20. The van der Waals surface area contributed by atoms with E-state index in [1.54, 1.807) is 30.6 Å². The Kier molecular flexibility index (Phi) is 6.38. The lowest BCUT2D eigenvalue weighted by Crippen LogP contribution is -2.30. The number of thiazole rings is 1. The molecule has 33 heavy (non-hydrogen) atoms. The average Bonchev–Trinajstić information content (AvgIpc) is 3.24. The highest BCUT2D eigenvalue weighted by molar-refractivity contribution is 7.22. The van der Waals surface area contributed by atoms with E-state index in [1.165, 1.54) is 48.7 Å². The zero-order valence-electron chi connectivity index (χ0n) is 17.5. The predicted octanol–water partition coefficient (Wildman–Crippen LogP) is 5.12. The molecule has 0 aliphatic carbocycles. The number of nitro groups is 1. The molecule has 2 heterocycles. The first-order valence-corrected chi connectivity index (χ1v) is 10.8. The van der Waals surface area contributed by atoms with Gasteiger partial charge < -0.3 is 9.47 Å². The Bertz CT molecular complexity index is 1300. The maximum Gasteiger partial charge on any atom is 0.270 e. The highest BCUT2D eigenvalue weighted by atomic mass is 35.5. The Morgan fingerprint density at radius 1 is 1.18 bits per heavy atom. The van der Waals surface area contributed by atoms with Gasteiger partial charge in [-0.05, 0) is 17.7 Å². The molecule has 11 heteroatoms. The number of halogens is 1. The molecule has 9 nitrogen and oxygen atoms in total. The second-order valence-electron chi connectivity index (χ2n) is 6.85. The number of amides is 1. The monoisotopic (exact) mass is 484 g/mol. The van der Waals surface area contributed by atoms with Crippen molar-refractivity contribution >= 4 is 49.9 Å². The second kappa shape index (κ2) is 9.39. The fourth-order valence-corrected chi connectivity index (χ4v) is 4.37. The molecule has 0 atom stereocenters. The number of rotatable bonds is 7. The van der Waals surface area contributed by atoms with Crippen molar-refractivity contribution in [3.63, 3.8) is 0 Å². The normalized spacial score (nSPS) is 10.8. The van der Waals surface area contributed by atoms with E-state index in [4.69, 9.17) is 21.1 Å². The molecule has 0 saturated heterocycles. The zero-order chi connectivity index (χ0) is 23.5. The topological polar surface area (TPSA) is 108 Å². The number of carbonyl (C=O) groups is 1. The van der Waals surface area contributed by atoms with Crippen molar-refractivity contribution in [3.8, 4) is 11.5 Å². The molecule has 2 aromatic heterocycles. The van der Waals surface area contributed by atoms with Crippen LogP contribution in [0.3, 0.4) is 0 Å². The van der Waals surface area contributed by atoms with E-state index in [9.17, 15) is 14.9 Å². The van der Waals surface area contributed by atoms with Crippen LogP contribution in [0.2, 0.25) is 5.02 Å². The van der Waals surface area contributed by atoms with E-state index in [1.807, 2.05) is 6.07 Å². The average molecular weight is 485 g/mol. The molecule has 168 valence electrons. The van der Waals surface area contributed by atoms with Crippen LogP contribution in [0, 0.1) is 10.1 Å². The van der Waals surface area contributed by atoms with Gasteiger partial charge in [-0.3, -0.25) is 24.8 Å². The summed E-state index contributed by atoms with van der Waals surface area (Å²) in [4.78, 5) is 34.4. The number of anilines is 1. The standard InChI is InChI=1S/C22H17ClN4O5S/c1-31-18-9-17-20(10-19(18)32-2)33-22(25-17)26(12-13-4-3-7-24-11-13)21(28)15-8-14(27(29)30)5-6-16(15)23/h3-11H,12H2,1-2H3. The van der Waals surface area contributed by atoms with Crippen molar-refractivity contribution in [1.82, 2.24) is 9.97 Å². The summed E-state index contributed by atoms with van der Waals surface area (Å²) in [5.41, 5.74) is 1.13. The predicted molar refractivity (Wildman–Crippen MR) is 126 cm³/mol. The van der Waals surface area contributed by atoms with Gasteiger partial charge in [-0.2, -0.15) is 0 Å². The number of methoxy groups -OCH3 is 2. The summed E-state index contributed by atoms with van der Waals surface area (Å²) in [6.07, 6.45) is 3.26. The van der Waals surface area contributed by atoms with Crippen LogP contribution in [-0.4, -0.2) is 35.0 Å². The molecule has 0 spiro atoms. The molecule has 2 aromatic carbocycles. The molecule has 0 aliphatic rings. The number of pyridine rings is 1. The third-order valence-electron chi connectivity index (χ3n) is 4.81. The first kappa shape index (κ1) is 22.4. The third-order valence-corrected chi connectivity index (χ3v) is 6.18. The van der Waals surface area contributed by atoms with Crippen LogP contribution in [0.25, 0.3) is 10.2 Å². The summed E-state index contributed by atoms with van der Waals surface area (Å²) in [7, 11) is 3.06. The number of hydrogen-bond acceptors (Lipinski definition) is 8. The lowest BCUT2D eigenvalue weighted by atomic mass is 10.1. The zero-order valence-corrected chi connectivity index (χ0v) is 19.1. The van der Waals surface area contributed by atoms with Crippen molar-refractivity contribution in [2.24, 2.45) is 0 Å². The molecular formula is C22H17ClN4O5S. The van der Waals surface area contributed by atoms with Gasteiger partial charge in [0, 0.05) is 36.7 Å². The fourth-order valence-electron chi connectivity index (χ4n) is 3.20. The van der Waals surface area contributed by atoms with Crippen LogP contribution >= 0.6 is 22.9 Å². The number of hydrogen-bond donors (Lipinski definition) is 0. The van der Waals surface area contributed by atoms with Gasteiger partial charge in [0.25, 0.3) is 11.6 Å². The van der Waals surface area contributed by atoms with Gasteiger partial charge in [-0.15, -0.1) is 0 Å². The van der Waals surface area contributed by atoms with E-state index in [2.05, 4.69) is 9.97 Å². The minimum Gasteiger partial charge on any atom is -0.493 e. The number of benzene rings is 2. The largest absolute Gasteiger partial charge is 0.493 e. The van der Waals surface area contributed by atoms with Crippen molar-refractivity contribution in [3.05, 3.63) is 81.1 Å². The van der Waals surface area contributed by atoms with E-state index < -0.39 is 10.8 Å². The number of carbonyl (C=O) groups excluding carboxylic acids is 1. The quantitative estimate of drug-likeness (QED) is 0.264. The molecule has 0 saturated carbocycles. The Balaban J connectivity index is 1.83. The Morgan fingerprint density at radius 3 is 2.61 bits per heavy atom. The number of aromatic nitrogens is 2. The SMILES string of the molecule is COc1cc2nc(N(Cc3cccnc3)C(=O)c3cc([N+](=O)[O-])ccc3Cl)sc2cc1OC. The maximum atomic E-state index is 13.6. The Morgan fingerprint density at radius 2 is 1.94 bits per heavy atom. The lowest BCUT2D eigenvalue weighted by molar-refractivity contribution is -0.384. The smallest absolute Gasteiger partial charge is 0.270 e. The van der Waals surface area contributed by atoms with Crippen LogP contribution in [0.1, 0.15) is 15.9 Å². The second-order valence-corrected chi connectivity index (χ2v) is 8.26. The van der Waals surface area contributed by atoms with Crippen LogP contribution in [0.4, 0.5) is 10.8 Å². The summed E-state index contributed by atoms with van der Waals surface area (Å²) in [5.74, 6) is 0.520. The molecule has 4 rings (SSSR count). The maximum absolute atomic E-state index is 13.6. The number of non-ortho nitro benzene ring substituents is 1. The Labute approximate surface area is 197 Å². The van der Waals surface area contributed by atoms with Gasteiger partial charge in [-0.1, -0.05) is 29.0 Å². The minimum absolute atomic E-state index is 0.00387. The van der Waals surface area contributed by atoms with Gasteiger partial charge in [0.2, 0.25) is 0 Å².